The lowest BCUT2D eigenvalue weighted by molar-refractivity contribution is 0.263. The predicted octanol–water partition coefficient (Wildman–Crippen LogP) is 4.53. The SMILES string of the molecule is CCCCCC/C=C/Cc1ccc(OCC2CO2)cc1. The molecule has 0 spiro atoms. The second-order valence-corrected chi connectivity index (χ2v) is 5.44. The summed E-state index contributed by atoms with van der Waals surface area (Å²) < 4.78 is 10.7. The number of ether oxygens (including phenoxy) is 2. The summed E-state index contributed by atoms with van der Waals surface area (Å²) in [6, 6.07) is 8.38. The molecule has 2 nitrogen and oxygen atoms in total. The van der Waals surface area contributed by atoms with Crippen LogP contribution in [0, 0.1) is 0 Å². The van der Waals surface area contributed by atoms with E-state index in [-0.39, 0.29) is 0 Å². The Morgan fingerprint density at radius 3 is 2.65 bits per heavy atom. The van der Waals surface area contributed by atoms with Crippen LogP contribution in [0.4, 0.5) is 0 Å². The van der Waals surface area contributed by atoms with Crippen LogP contribution in [0.1, 0.15) is 44.6 Å². The van der Waals surface area contributed by atoms with Gasteiger partial charge in [-0.2, -0.15) is 0 Å². The first-order chi connectivity index (χ1) is 9.88. The molecule has 2 rings (SSSR count). The van der Waals surface area contributed by atoms with E-state index in [0.29, 0.717) is 12.7 Å². The second kappa shape index (κ2) is 8.80. The van der Waals surface area contributed by atoms with Gasteiger partial charge in [-0.25, -0.2) is 0 Å². The first kappa shape index (κ1) is 15.1. The molecule has 0 amide bonds. The minimum Gasteiger partial charge on any atom is -0.491 e. The molecule has 1 unspecified atom stereocenters. The lowest BCUT2D eigenvalue weighted by atomic mass is 10.1. The maximum atomic E-state index is 5.62. The van der Waals surface area contributed by atoms with Gasteiger partial charge >= 0.3 is 0 Å². The molecule has 110 valence electrons. The molecule has 0 saturated carbocycles. The Kier molecular flexibility index (Phi) is 6.65. The van der Waals surface area contributed by atoms with Gasteiger partial charge in [0.15, 0.2) is 0 Å². The lowest BCUT2D eigenvalue weighted by Gasteiger charge is -2.04. The van der Waals surface area contributed by atoms with Gasteiger partial charge < -0.3 is 9.47 Å². The number of hydrogen-bond donors (Lipinski definition) is 0. The largest absolute Gasteiger partial charge is 0.491 e. The van der Waals surface area contributed by atoms with Crippen LogP contribution in [0.25, 0.3) is 0 Å². The molecule has 1 saturated heterocycles. The standard InChI is InChI=1S/C18H26O2/c1-2-3-4-5-6-7-8-9-16-10-12-17(13-11-16)19-14-18-15-20-18/h7-8,10-13,18H,2-6,9,14-15H2,1H3/b8-7+. The van der Waals surface area contributed by atoms with E-state index in [9.17, 15) is 0 Å². The van der Waals surface area contributed by atoms with Gasteiger partial charge in [0.2, 0.25) is 0 Å². The van der Waals surface area contributed by atoms with Crippen molar-refractivity contribution in [3.05, 3.63) is 42.0 Å². The minimum absolute atomic E-state index is 0.324. The van der Waals surface area contributed by atoms with E-state index in [0.717, 1.165) is 18.8 Å². The Hall–Kier alpha value is -1.28. The van der Waals surface area contributed by atoms with Crippen molar-refractivity contribution in [3.63, 3.8) is 0 Å². The van der Waals surface area contributed by atoms with Crippen LogP contribution in [0.5, 0.6) is 5.75 Å². The number of rotatable bonds is 10. The molecule has 1 fully saturated rings. The van der Waals surface area contributed by atoms with Gasteiger partial charge in [-0.3, -0.25) is 0 Å². The molecule has 0 N–H and O–H groups in total. The summed E-state index contributed by atoms with van der Waals surface area (Å²) in [4.78, 5) is 0. The van der Waals surface area contributed by atoms with Gasteiger partial charge in [0.05, 0.1) is 6.61 Å². The van der Waals surface area contributed by atoms with Crippen LogP contribution in [-0.2, 0) is 11.2 Å². The summed E-state index contributed by atoms with van der Waals surface area (Å²) in [6.07, 6.45) is 12.5. The zero-order valence-corrected chi connectivity index (χ0v) is 12.5. The third-order valence-corrected chi connectivity index (χ3v) is 3.51. The molecular formula is C18H26O2. The molecule has 0 bridgehead atoms. The molecule has 1 atom stereocenters. The summed E-state index contributed by atoms with van der Waals surface area (Å²) in [5.41, 5.74) is 1.34. The van der Waals surface area contributed by atoms with E-state index in [4.69, 9.17) is 9.47 Å². The molecule has 1 aliphatic heterocycles. The van der Waals surface area contributed by atoms with Crippen LogP contribution in [-0.4, -0.2) is 19.3 Å². The van der Waals surface area contributed by atoms with Crippen LogP contribution >= 0.6 is 0 Å². The van der Waals surface area contributed by atoms with Gasteiger partial charge in [-0.05, 0) is 37.0 Å². The molecule has 1 heterocycles. The average molecular weight is 274 g/mol. The number of epoxide rings is 1. The van der Waals surface area contributed by atoms with Crippen LogP contribution in [0.15, 0.2) is 36.4 Å². The van der Waals surface area contributed by atoms with E-state index in [2.05, 4.69) is 31.2 Å². The molecule has 2 heteroatoms. The Balaban J connectivity index is 1.61. The number of benzene rings is 1. The van der Waals surface area contributed by atoms with Gasteiger partial charge in [0.25, 0.3) is 0 Å². The fourth-order valence-corrected chi connectivity index (χ4v) is 2.10. The quantitative estimate of drug-likeness (QED) is 0.355. The van der Waals surface area contributed by atoms with E-state index in [1.807, 2.05) is 12.1 Å². The highest BCUT2D eigenvalue weighted by Gasteiger charge is 2.22. The van der Waals surface area contributed by atoms with Crippen molar-refractivity contribution in [1.82, 2.24) is 0 Å². The normalized spacial score (nSPS) is 17.6. The highest BCUT2D eigenvalue weighted by molar-refractivity contribution is 5.28. The third kappa shape index (κ3) is 6.25. The van der Waals surface area contributed by atoms with Crippen molar-refractivity contribution in [2.45, 2.75) is 51.6 Å². The van der Waals surface area contributed by atoms with E-state index >= 15 is 0 Å². The summed E-state index contributed by atoms with van der Waals surface area (Å²) in [7, 11) is 0. The predicted molar refractivity (Wildman–Crippen MR) is 83.3 cm³/mol. The maximum Gasteiger partial charge on any atom is 0.119 e. The van der Waals surface area contributed by atoms with E-state index in [1.54, 1.807) is 0 Å². The first-order valence-corrected chi connectivity index (χ1v) is 7.87. The van der Waals surface area contributed by atoms with Gasteiger partial charge in [-0.1, -0.05) is 50.5 Å². The molecule has 1 aromatic rings. The van der Waals surface area contributed by atoms with Crippen molar-refractivity contribution in [2.75, 3.05) is 13.2 Å². The average Bonchev–Trinajstić information content (AvgIpc) is 3.30. The number of allylic oxidation sites excluding steroid dienone is 2. The van der Waals surface area contributed by atoms with Gasteiger partial charge in [0, 0.05) is 0 Å². The van der Waals surface area contributed by atoms with Gasteiger partial charge in [0.1, 0.15) is 18.5 Å². The molecule has 0 aromatic heterocycles. The fourth-order valence-electron chi connectivity index (χ4n) is 2.10. The second-order valence-electron chi connectivity index (χ2n) is 5.44. The monoisotopic (exact) mass is 274 g/mol. The molecule has 1 aliphatic rings. The smallest absolute Gasteiger partial charge is 0.119 e. The maximum absolute atomic E-state index is 5.62. The first-order valence-electron chi connectivity index (χ1n) is 7.87. The van der Waals surface area contributed by atoms with Crippen LogP contribution in [0.2, 0.25) is 0 Å². The van der Waals surface area contributed by atoms with Crippen molar-refractivity contribution in [1.29, 1.82) is 0 Å². The summed E-state index contributed by atoms with van der Waals surface area (Å²) in [5, 5.41) is 0. The fraction of sp³-hybridized carbons (Fsp3) is 0.556. The Morgan fingerprint density at radius 2 is 1.95 bits per heavy atom. The summed E-state index contributed by atoms with van der Waals surface area (Å²) >= 11 is 0. The highest BCUT2D eigenvalue weighted by Crippen LogP contribution is 2.16. The summed E-state index contributed by atoms with van der Waals surface area (Å²) in [5.74, 6) is 0.938. The van der Waals surface area contributed by atoms with Crippen molar-refractivity contribution < 1.29 is 9.47 Å². The number of unbranched alkanes of at least 4 members (excludes halogenated alkanes) is 4. The van der Waals surface area contributed by atoms with E-state index < -0.39 is 0 Å². The zero-order valence-electron chi connectivity index (χ0n) is 12.5. The Bertz CT molecular complexity index is 390. The Morgan fingerprint density at radius 1 is 1.15 bits per heavy atom. The molecule has 1 aromatic carbocycles. The minimum atomic E-state index is 0.324. The third-order valence-electron chi connectivity index (χ3n) is 3.51. The molecule has 0 aliphatic carbocycles. The highest BCUT2D eigenvalue weighted by atomic mass is 16.6. The van der Waals surface area contributed by atoms with Crippen molar-refractivity contribution >= 4 is 0 Å². The molecular weight excluding hydrogens is 248 g/mol. The van der Waals surface area contributed by atoms with E-state index in [1.165, 1.54) is 37.7 Å². The van der Waals surface area contributed by atoms with Crippen LogP contribution in [0.3, 0.4) is 0 Å². The topological polar surface area (TPSA) is 21.8 Å². The summed E-state index contributed by atoms with van der Waals surface area (Å²) in [6.45, 7) is 3.78. The zero-order chi connectivity index (χ0) is 14.0. The lowest BCUT2D eigenvalue weighted by Crippen LogP contribution is -2.03. The molecule has 20 heavy (non-hydrogen) atoms. The van der Waals surface area contributed by atoms with Crippen LogP contribution < -0.4 is 4.74 Å². The van der Waals surface area contributed by atoms with Crippen molar-refractivity contribution in [2.24, 2.45) is 0 Å². The van der Waals surface area contributed by atoms with Gasteiger partial charge in [-0.15, -0.1) is 0 Å². The van der Waals surface area contributed by atoms with Crippen molar-refractivity contribution in [3.8, 4) is 5.75 Å². The molecule has 0 radical (unpaired) electrons. The number of hydrogen-bond acceptors (Lipinski definition) is 2. The Labute approximate surface area is 122 Å².